The van der Waals surface area contributed by atoms with Crippen molar-refractivity contribution in [2.75, 3.05) is 39.2 Å². The van der Waals surface area contributed by atoms with Crippen LogP contribution in [0.25, 0.3) is 26.3 Å². The molecule has 14 heteroatoms. The number of urea groups is 1. The molecule has 11 nitrogen and oxygen atoms in total. The van der Waals surface area contributed by atoms with Crippen LogP contribution >= 0.6 is 11.3 Å². The molecule has 0 unspecified atom stereocenters. The number of hydrogen-bond donors (Lipinski definition) is 3. The number of nitrogens with zero attached hydrogens (tertiary/aromatic N) is 3. The molecule has 3 N–H and O–H groups in total. The number of methoxy groups -OCH3 is 1. The van der Waals surface area contributed by atoms with Crippen LogP contribution in [0.1, 0.15) is 18.1 Å². The third kappa shape index (κ3) is 6.68. The largest absolute Gasteiger partial charge is 0.383 e. The van der Waals surface area contributed by atoms with Gasteiger partial charge in [0.05, 0.1) is 24.2 Å². The van der Waals surface area contributed by atoms with Gasteiger partial charge in [0, 0.05) is 55.1 Å². The topological polar surface area (TPSA) is 130 Å². The molecule has 0 atom stereocenters. The minimum Gasteiger partial charge on any atom is -0.383 e. The Morgan fingerprint density at radius 3 is 2.37 bits per heavy atom. The zero-order valence-electron chi connectivity index (χ0n) is 25.4. The van der Waals surface area contributed by atoms with Crippen LogP contribution < -0.4 is 27.4 Å². The zero-order valence-corrected chi connectivity index (χ0v) is 26.2. The third-order valence-electron chi connectivity index (χ3n) is 7.32. The van der Waals surface area contributed by atoms with Crippen LogP contribution in [-0.2, 0) is 17.8 Å². The second kappa shape index (κ2) is 14.0. The molecule has 2 amide bonds. The van der Waals surface area contributed by atoms with Crippen molar-refractivity contribution in [3.8, 4) is 16.1 Å². The van der Waals surface area contributed by atoms with E-state index < -0.39 is 35.0 Å². The van der Waals surface area contributed by atoms with Gasteiger partial charge in [-0.15, -0.1) is 11.3 Å². The molecule has 46 heavy (non-hydrogen) atoms. The molecule has 240 valence electrons. The van der Waals surface area contributed by atoms with E-state index in [1.54, 1.807) is 38.3 Å². The number of pyridine rings is 1. The number of nitrogens with one attached hydrogen (secondary N) is 3. The molecular formula is C32H32F2N6O5S. The number of thiophene rings is 1. The van der Waals surface area contributed by atoms with Gasteiger partial charge in [-0.05, 0) is 55.4 Å². The molecule has 5 aromatic rings. The summed E-state index contributed by atoms with van der Waals surface area (Å²) >= 11 is 1.15. The standard InChI is InChI=1S/C32H32F2N6O5S/c1-4-35-31(43)37-20-10-8-19(9-11-20)28-23(17-38(2)14-15-45-3)27-29(42)40(21-12-13-26(41)36-16-21)32(44)39(30(27)46-28)18-22-24(33)6-5-7-25(22)34/h5-13,16H,4,14-15,17-18H2,1-3H3,(H,36,41)(H2,35,37,43). The number of rotatable bonds is 11. The van der Waals surface area contributed by atoms with E-state index in [1.807, 2.05) is 11.9 Å². The van der Waals surface area contributed by atoms with Crippen molar-refractivity contribution in [1.29, 1.82) is 0 Å². The van der Waals surface area contributed by atoms with Gasteiger partial charge in [0.15, 0.2) is 0 Å². The van der Waals surface area contributed by atoms with E-state index in [0.29, 0.717) is 41.4 Å². The van der Waals surface area contributed by atoms with Gasteiger partial charge in [-0.25, -0.2) is 22.9 Å². The van der Waals surface area contributed by atoms with Crippen molar-refractivity contribution in [3.63, 3.8) is 0 Å². The van der Waals surface area contributed by atoms with E-state index >= 15 is 0 Å². The minimum atomic E-state index is -0.839. The molecule has 5 rings (SSSR count). The van der Waals surface area contributed by atoms with Crippen molar-refractivity contribution < 1.29 is 18.3 Å². The molecule has 0 bridgehead atoms. The Morgan fingerprint density at radius 1 is 1.02 bits per heavy atom. The Morgan fingerprint density at radius 2 is 1.74 bits per heavy atom. The van der Waals surface area contributed by atoms with E-state index in [-0.39, 0.29) is 34.0 Å². The molecule has 3 heterocycles. The fourth-order valence-electron chi connectivity index (χ4n) is 5.04. The van der Waals surface area contributed by atoms with Gasteiger partial charge in [0.25, 0.3) is 5.56 Å². The lowest BCUT2D eigenvalue weighted by atomic mass is 10.1. The summed E-state index contributed by atoms with van der Waals surface area (Å²) in [5.41, 5.74) is -0.335. The summed E-state index contributed by atoms with van der Waals surface area (Å²) in [6, 6.07) is 12.6. The summed E-state index contributed by atoms with van der Waals surface area (Å²) in [5.74, 6) is -1.68. The normalized spacial score (nSPS) is 11.3. The molecule has 0 radical (unpaired) electrons. The summed E-state index contributed by atoms with van der Waals surface area (Å²) in [6.07, 6.45) is 1.24. The number of hydrogen-bond acceptors (Lipinski definition) is 7. The van der Waals surface area contributed by atoms with Crippen LogP contribution in [0, 0.1) is 11.6 Å². The summed E-state index contributed by atoms with van der Waals surface area (Å²) < 4.78 is 37.2. The highest BCUT2D eigenvalue weighted by molar-refractivity contribution is 7.22. The molecule has 0 saturated carbocycles. The summed E-state index contributed by atoms with van der Waals surface area (Å²) in [6.45, 7) is 2.99. The lowest BCUT2D eigenvalue weighted by Gasteiger charge is -2.18. The number of anilines is 1. The molecule has 0 saturated heterocycles. The smallest absolute Gasteiger partial charge is 0.337 e. The van der Waals surface area contributed by atoms with Crippen molar-refractivity contribution in [2.24, 2.45) is 0 Å². The Kier molecular flexibility index (Phi) is 9.90. The van der Waals surface area contributed by atoms with Gasteiger partial charge in [0.1, 0.15) is 16.5 Å². The minimum absolute atomic E-state index is 0.0893. The number of likely N-dealkylation sites (N-methyl/N-ethyl adjacent to an activating group) is 1. The average Bonchev–Trinajstić information content (AvgIpc) is 3.39. The van der Waals surface area contributed by atoms with Crippen LogP contribution in [0.2, 0.25) is 0 Å². The predicted molar refractivity (Wildman–Crippen MR) is 174 cm³/mol. The number of aromatic nitrogens is 3. The lowest BCUT2D eigenvalue weighted by molar-refractivity contribution is 0.159. The Hall–Kier alpha value is -4.92. The number of carbonyl (C=O) groups excluding carboxylic acids is 1. The lowest BCUT2D eigenvalue weighted by Crippen LogP contribution is -2.39. The number of benzene rings is 2. The van der Waals surface area contributed by atoms with Crippen LogP contribution in [-0.4, -0.2) is 58.9 Å². The van der Waals surface area contributed by atoms with Crippen molar-refractivity contribution in [1.82, 2.24) is 24.3 Å². The van der Waals surface area contributed by atoms with Gasteiger partial charge in [-0.1, -0.05) is 18.2 Å². The first-order valence-corrected chi connectivity index (χ1v) is 15.2. The number of ether oxygens (including phenoxy) is 1. The molecule has 2 aromatic carbocycles. The summed E-state index contributed by atoms with van der Waals surface area (Å²) in [4.78, 5) is 57.5. The highest BCUT2D eigenvalue weighted by Gasteiger charge is 2.25. The number of fused-ring (bicyclic) bond motifs is 1. The van der Waals surface area contributed by atoms with Crippen LogP contribution in [0.3, 0.4) is 0 Å². The Balaban J connectivity index is 1.79. The SMILES string of the molecule is CCNC(=O)Nc1ccc(-c2sc3c(c2CN(C)CCOC)c(=O)n(-c2ccc(=O)[nH]c2)c(=O)n3Cc2c(F)cccc2F)cc1. The number of aromatic amines is 1. The van der Waals surface area contributed by atoms with Crippen LogP contribution in [0.5, 0.6) is 0 Å². The first-order chi connectivity index (χ1) is 22.1. The van der Waals surface area contributed by atoms with Gasteiger partial charge >= 0.3 is 11.7 Å². The van der Waals surface area contributed by atoms with E-state index in [4.69, 9.17) is 4.74 Å². The van der Waals surface area contributed by atoms with E-state index in [1.165, 1.54) is 29.0 Å². The van der Waals surface area contributed by atoms with Gasteiger partial charge in [-0.2, -0.15) is 0 Å². The molecule has 0 fully saturated rings. The first kappa shape index (κ1) is 32.5. The number of amides is 2. The van der Waals surface area contributed by atoms with E-state index in [0.717, 1.165) is 28.0 Å². The molecule has 3 aromatic heterocycles. The van der Waals surface area contributed by atoms with E-state index in [2.05, 4.69) is 15.6 Å². The monoisotopic (exact) mass is 650 g/mol. The third-order valence-corrected chi connectivity index (χ3v) is 8.63. The number of carbonyl (C=O) groups is 1. The van der Waals surface area contributed by atoms with Gasteiger partial charge < -0.3 is 20.4 Å². The molecule has 0 aliphatic rings. The van der Waals surface area contributed by atoms with Crippen molar-refractivity contribution >= 4 is 33.3 Å². The molecular weight excluding hydrogens is 618 g/mol. The summed E-state index contributed by atoms with van der Waals surface area (Å²) in [5, 5.41) is 5.61. The second-order valence-electron chi connectivity index (χ2n) is 10.5. The van der Waals surface area contributed by atoms with Crippen LogP contribution in [0.4, 0.5) is 19.3 Å². The second-order valence-corrected chi connectivity index (χ2v) is 11.5. The molecule has 0 aliphatic carbocycles. The number of H-pyrrole nitrogens is 1. The quantitative estimate of drug-likeness (QED) is 0.197. The molecule has 0 spiro atoms. The molecule has 0 aliphatic heterocycles. The van der Waals surface area contributed by atoms with E-state index in [9.17, 15) is 28.0 Å². The predicted octanol–water partition coefficient (Wildman–Crippen LogP) is 4.12. The fourth-order valence-corrected chi connectivity index (χ4v) is 6.34. The highest BCUT2D eigenvalue weighted by atomic mass is 32.1. The highest BCUT2D eigenvalue weighted by Crippen LogP contribution is 2.38. The maximum atomic E-state index is 14.9. The average molecular weight is 651 g/mol. The van der Waals surface area contributed by atoms with Crippen LogP contribution in [0.15, 0.2) is 75.2 Å². The zero-order chi connectivity index (χ0) is 33.0. The van der Waals surface area contributed by atoms with Crippen molar-refractivity contribution in [3.05, 3.63) is 115 Å². The van der Waals surface area contributed by atoms with Crippen molar-refractivity contribution in [2.45, 2.75) is 20.0 Å². The Bertz CT molecular complexity index is 2030. The maximum Gasteiger partial charge on any atom is 0.337 e. The van der Waals surface area contributed by atoms with Gasteiger partial charge in [-0.3, -0.25) is 19.1 Å². The first-order valence-electron chi connectivity index (χ1n) is 14.4. The van der Waals surface area contributed by atoms with Gasteiger partial charge in [0.2, 0.25) is 5.56 Å². The Labute approximate surface area is 265 Å². The summed E-state index contributed by atoms with van der Waals surface area (Å²) in [7, 11) is 3.44. The maximum absolute atomic E-state index is 14.9. The fraction of sp³-hybridized carbons (Fsp3) is 0.250. The number of halogens is 2.